The van der Waals surface area contributed by atoms with Crippen LogP contribution in [0.25, 0.3) is 10.9 Å². The van der Waals surface area contributed by atoms with Crippen LogP contribution >= 0.6 is 0 Å². The third kappa shape index (κ3) is 2.20. The van der Waals surface area contributed by atoms with E-state index >= 15 is 0 Å². The van der Waals surface area contributed by atoms with Crippen LogP contribution in [-0.4, -0.2) is 10.4 Å². The zero-order valence-corrected chi connectivity index (χ0v) is 10.5. The van der Waals surface area contributed by atoms with Crippen molar-refractivity contribution in [3.63, 3.8) is 0 Å². The van der Waals surface area contributed by atoms with Crippen LogP contribution in [0, 0.1) is 11.6 Å². The van der Waals surface area contributed by atoms with Gasteiger partial charge in [0.1, 0.15) is 11.6 Å². The molecule has 1 heterocycles. The van der Waals surface area contributed by atoms with Crippen LogP contribution in [0.5, 0.6) is 0 Å². The molecule has 3 aromatic rings. The van der Waals surface area contributed by atoms with Crippen LogP contribution in [0.3, 0.4) is 0 Å². The first-order valence-electron chi connectivity index (χ1n) is 6.17. The monoisotopic (exact) mass is 271 g/mol. The van der Waals surface area contributed by atoms with Gasteiger partial charge in [-0.15, -0.1) is 0 Å². The fourth-order valence-corrected chi connectivity index (χ4v) is 2.22. The van der Waals surface area contributed by atoms with Gasteiger partial charge in [-0.25, -0.2) is 8.78 Å². The maximum atomic E-state index is 13.6. The number of fused-ring (bicyclic) bond motifs is 1. The molecule has 0 atom stereocenters. The lowest BCUT2D eigenvalue weighted by atomic mass is 10.1. The maximum absolute atomic E-state index is 13.6. The average molecular weight is 271 g/mol. The van der Waals surface area contributed by atoms with Gasteiger partial charge in [0, 0.05) is 6.20 Å². The lowest BCUT2D eigenvalue weighted by molar-refractivity contribution is 0.0969. The molecule has 0 N–H and O–H groups in total. The fraction of sp³-hybridized carbons (Fsp3) is 0.0625. The number of hydrogen-bond donors (Lipinski definition) is 0. The number of nitrogens with zero attached hydrogens (tertiary/aromatic N) is 1. The highest BCUT2D eigenvalue weighted by Gasteiger charge is 2.12. The van der Waals surface area contributed by atoms with E-state index < -0.39 is 5.82 Å². The molecule has 0 amide bonds. The molecule has 0 saturated carbocycles. The number of carbonyl (C=O) groups is 1. The molecule has 20 heavy (non-hydrogen) atoms. The van der Waals surface area contributed by atoms with Gasteiger partial charge in [0.05, 0.1) is 17.6 Å². The molecule has 2 nitrogen and oxygen atoms in total. The number of rotatable bonds is 3. The van der Waals surface area contributed by atoms with Gasteiger partial charge >= 0.3 is 0 Å². The predicted octanol–water partition coefficient (Wildman–Crippen LogP) is 3.80. The van der Waals surface area contributed by atoms with Crippen molar-refractivity contribution in [3.8, 4) is 0 Å². The van der Waals surface area contributed by atoms with E-state index in [0.29, 0.717) is 5.52 Å². The molecule has 0 fully saturated rings. The molecule has 100 valence electrons. The Hall–Kier alpha value is -2.49. The number of ketones is 1. The normalized spacial score (nSPS) is 10.9. The highest BCUT2D eigenvalue weighted by Crippen LogP contribution is 2.18. The summed E-state index contributed by atoms with van der Waals surface area (Å²) in [6, 6.07) is 12.0. The third-order valence-corrected chi connectivity index (χ3v) is 3.22. The molecular formula is C16H11F2NO. The Bertz CT molecular complexity index is 792. The number of hydrogen-bond acceptors (Lipinski definition) is 1. The van der Waals surface area contributed by atoms with Gasteiger partial charge in [-0.05, 0) is 41.8 Å². The summed E-state index contributed by atoms with van der Waals surface area (Å²) in [5.41, 5.74) is 0.667. The molecule has 0 aliphatic heterocycles. The van der Waals surface area contributed by atoms with E-state index in [1.807, 2.05) is 0 Å². The van der Waals surface area contributed by atoms with Crippen molar-refractivity contribution in [2.45, 2.75) is 6.54 Å². The second-order valence-electron chi connectivity index (χ2n) is 4.55. The van der Waals surface area contributed by atoms with Gasteiger partial charge < -0.3 is 4.57 Å². The second kappa shape index (κ2) is 4.89. The Balaban J connectivity index is 1.96. The number of Topliss-reactive ketones (excluding diaryl/α,β-unsaturated/α-hetero) is 1. The van der Waals surface area contributed by atoms with E-state index in [9.17, 15) is 13.6 Å². The Morgan fingerprint density at radius 3 is 2.65 bits per heavy atom. The first kappa shape index (κ1) is 12.5. The smallest absolute Gasteiger partial charge is 0.185 e. The SMILES string of the molecule is O=C(Cn1ccc2ccc(F)cc21)c1ccccc1F. The topological polar surface area (TPSA) is 22.0 Å². The van der Waals surface area contributed by atoms with Crippen molar-refractivity contribution in [1.29, 1.82) is 0 Å². The molecule has 2 aromatic carbocycles. The molecule has 0 aliphatic carbocycles. The van der Waals surface area contributed by atoms with Gasteiger partial charge in [0.2, 0.25) is 0 Å². The van der Waals surface area contributed by atoms with Crippen molar-refractivity contribution in [2.75, 3.05) is 0 Å². The zero-order chi connectivity index (χ0) is 14.1. The summed E-state index contributed by atoms with van der Waals surface area (Å²) >= 11 is 0. The molecule has 0 unspecified atom stereocenters. The number of benzene rings is 2. The van der Waals surface area contributed by atoms with Crippen LogP contribution in [0.15, 0.2) is 54.7 Å². The van der Waals surface area contributed by atoms with Crippen LogP contribution in [-0.2, 0) is 6.54 Å². The summed E-state index contributed by atoms with van der Waals surface area (Å²) in [5.74, 6) is -1.25. The summed E-state index contributed by atoms with van der Waals surface area (Å²) in [6.07, 6.45) is 1.70. The summed E-state index contributed by atoms with van der Waals surface area (Å²) in [4.78, 5) is 12.1. The molecule has 0 spiro atoms. The second-order valence-corrected chi connectivity index (χ2v) is 4.55. The number of aromatic nitrogens is 1. The first-order valence-corrected chi connectivity index (χ1v) is 6.17. The summed E-state index contributed by atoms with van der Waals surface area (Å²) in [6.45, 7) is -0.0200. The largest absolute Gasteiger partial charge is 0.340 e. The van der Waals surface area contributed by atoms with Crippen molar-refractivity contribution in [3.05, 3.63) is 71.9 Å². The highest BCUT2D eigenvalue weighted by atomic mass is 19.1. The van der Waals surface area contributed by atoms with E-state index in [4.69, 9.17) is 0 Å². The van der Waals surface area contributed by atoms with Crippen LogP contribution in [0.4, 0.5) is 8.78 Å². The summed E-state index contributed by atoms with van der Waals surface area (Å²) in [7, 11) is 0. The highest BCUT2D eigenvalue weighted by molar-refractivity contribution is 5.97. The first-order chi connectivity index (χ1) is 9.65. The Morgan fingerprint density at radius 2 is 1.85 bits per heavy atom. The van der Waals surface area contributed by atoms with Gasteiger partial charge in [0.25, 0.3) is 0 Å². The standard InChI is InChI=1S/C16H11F2NO/c17-12-6-5-11-7-8-19(15(11)9-12)10-16(20)13-3-1-2-4-14(13)18/h1-9H,10H2. The lowest BCUT2D eigenvalue weighted by Gasteiger charge is -2.06. The minimum atomic E-state index is -0.542. The predicted molar refractivity (Wildman–Crippen MR) is 72.6 cm³/mol. The van der Waals surface area contributed by atoms with E-state index in [2.05, 4.69) is 0 Å². The fourth-order valence-electron chi connectivity index (χ4n) is 2.22. The molecular weight excluding hydrogens is 260 g/mol. The Morgan fingerprint density at radius 1 is 1.05 bits per heavy atom. The maximum Gasteiger partial charge on any atom is 0.185 e. The summed E-state index contributed by atoms with van der Waals surface area (Å²) < 4.78 is 28.4. The van der Waals surface area contributed by atoms with Crippen molar-refractivity contribution >= 4 is 16.7 Å². The lowest BCUT2D eigenvalue weighted by Crippen LogP contribution is -2.11. The van der Waals surface area contributed by atoms with Crippen LogP contribution in [0.1, 0.15) is 10.4 Å². The zero-order valence-electron chi connectivity index (χ0n) is 10.5. The molecule has 0 radical (unpaired) electrons. The van der Waals surface area contributed by atoms with E-state index in [0.717, 1.165) is 5.39 Å². The Kier molecular flexibility index (Phi) is 3.06. The number of carbonyl (C=O) groups excluding carboxylic acids is 1. The average Bonchev–Trinajstić information content (AvgIpc) is 2.82. The molecule has 0 aliphatic rings. The number of halogens is 2. The van der Waals surface area contributed by atoms with Crippen molar-refractivity contribution in [1.82, 2.24) is 4.57 Å². The van der Waals surface area contributed by atoms with Gasteiger partial charge in [-0.2, -0.15) is 0 Å². The molecule has 3 rings (SSSR count). The van der Waals surface area contributed by atoms with E-state index in [-0.39, 0.29) is 23.7 Å². The minimum Gasteiger partial charge on any atom is -0.340 e. The summed E-state index contributed by atoms with van der Waals surface area (Å²) in [5, 5.41) is 0.840. The minimum absolute atomic E-state index is 0.0200. The molecule has 1 aromatic heterocycles. The molecule has 0 bridgehead atoms. The quantitative estimate of drug-likeness (QED) is 0.664. The Labute approximate surface area is 114 Å². The van der Waals surface area contributed by atoms with Gasteiger partial charge in [-0.3, -0.25) is 4.79 Å². The van der Waals surface area contributed by atoms with E-state index in [1.165, 1.54) is 30.3 Å². The van der Waals surface area contributed by atoms with Crippen molar-refractivity contribution < 1.29 is 13.6 Å². The van der Waals surface area contributed by atoms with Gasteiger partial charge in [0.15, 0.2) is 5.78 Å². The van der Waals surface area contributed by atoms with Crippen molar-refractivity contribution in [2.24, 2.45) is 0 Å². The van der Waals surface area contributed by atoms with Crippen LogP contribution < -0.4 is 0 Å². The molecule has 4 heteroatoms. The third-order valence-electron chi connectivity index (χ3n) is 3.22. The molecule has 0 saturated heterocycles. The van der Waals surface area contributed by atoms with Crippen LogP contribution in [0.2, 0.25) is 0 Å². The van der Waals surface area contributed by atoms with E-state index in [1.54, 1.807) is 29.0 Å². The van der Waals surface area contributed by atoms with Gasteiger partial charge in [-0.1, -0.05) is 12.1 Å².